The van der Waals surface area contributed by atoms with Gasteiger partial charge in [-0.2, -0.15) is 0 Å². The highest BCUT2D eigenvalue weighted by Crippen LogP contribution is 2.25. The number of isocyanates is 1. The largest absolute Gasteiger partial charge is 0.235 e. The normalized spacial score (nSPS) is 9.46. The van der Waals surface area contributed by atoms with Crippen LogP contribution in [-0.2, 0) is 11.3 Å². The lowest BCUT2D eigenvalue weighted by molar-refractivity contribution is 0.562. The van der Waals surface area contributed by atoms with Gasteiger partial charge < -0.3 is 0 Å². The quantitative estimate of drug-likeness (QED) is 0.458. The van der Waals surface area contributed by atoms with Crippen LogP contribution in [0, 0.1) is 5.82 Å². The van der Waals surface area contributed by atoms with Crippen LogP contribution in [0.3, 0.4) is 0 Å². The van der Waals surface area contributed by atoms with Crippen LogP contribution in [0.25, 0.3) is 0 Å². The van der Waals surface area contributed by atoms with Crippen LogP contribution in [0.4, 0.5) is 4.39 Å². The molecule has 0 saturated carbocycles. The molecule has 0 bridgehead atoms. The van der Waals surface area contributed by atoms with Crippen LogP contribution in [0.2, 0.25) is 5.02 Å². The minimum absolute atomic E-state index is 0.00507. The molecule has 0 aromatic heterocycles. The zero-order chi connectivity index (χ0) is 9.84. The van der Waals surface area contributed by atoms with E-state index in [1.165, 1.54) is 18.2 Å². The van der Waals surface area contributed by atoms with E-state index in [0.29, 0.717) is 5.56 Å². The SMILES string of the molecule is O=C=NCc1cc(Cl)c(F)c(Br)c1. The molecule has 1 aromatic rings. The van der Waals surface area contributed by atoms with Crippen molar-refractivity contribution in [2.75, 3.05) is 0 Å². The van der Waals surface area contributed by atoms with E-state index in [0.717, 1.165) is 0 Å². The Bertz CT molecular complexity index is 353. The molecule has 68 valence electrons. The van der Waals surface area contributed by atoms with Gasteiger partial charge in [-0.25, -0.2) is 14.2 Å². The molecule has 0 aliphatic heterocycles. The van der Waals surface area contributed by atoms with Gasteiger partial charge in [0, 0.05) is 0 Å². The number of rotatable bonds is 2. The standard InChI is InChI=1S/C8H4BrClFNO/c9-6-1-5(3-12-4-13)2-7(10)8(6)11/h1-2H,3H2. The van der Waals surface area contributed by atoms with Crippen molar-refractivity contribution in [2.45, 2.75) is 6.54 Å². The maximum absolute atomic E-state index is 12.9. The Hall–Kier alpha value is -0.700. The first kappa shape index (κ1) is 10.4. The third-order valence-corrected chi connectivity index (χ3v) is 2.22. The first-order valence-electron chi connectivity index (χ1n) is 3.32. The fourth-order valence-electron chi connectivity index (χ4n) is 0.823. The van der Waals surface area contributed by atoms with E-state index in [1.54, 1.807) is 0 Å². The van der Waals surface area contributed by atoms with E-state index in [1.807, 2.05) is 0 Å². The Balaban J connectivity index is 3.05. The second-order valence-corrected chi connectivity index (χ2v) is 3.54. The van der Waals surface area contributed by atoms with Gasteiger partial charge in [-0.05, 0) is 33.6 Å². The van der Waals surface area contributed by atoms with Crippen LogP contribution >= 0.6 is 27.5 Å². The van der Waals surface area contributed by atoms with Crippen molar-refractivity contribution in [2.24, 2.45) is 4.99 Å². The molecule has 0 spiro atoms. The number of aliphatic imine (C=N–C) groups is 1. The van der Waals surface area contributed by atoms with Crippen LogP contribution in [0.5, 0.6) is 0 Å². The Morgan fingerprint density at radius 1 is 1.62 bits per heavy atom. The van der Waals surface area contributed by atoms with Gasteiger partial charge in [0.05, 0.1) is 16.0 Å². The van der Waals surface area contributed by atoms with Crippen LogP contribution < -0.4 is 0 Å². The predicted octanol–water partition coefficient (Wildman–Crippen LogP) is 3.08. The summed E-state index contributed by atoms with van der Waals surface area (Å²) in [6.07, 6.45) is 1.39. The van der Waals surface area contributed by atoms with E-state index >= 15 is 0 Å². The first-order valence-corrected chi connectivity index (χ1v) is 4.49. The molecule has 0 aliphatic carbocycles. The third-order valence-electron chi connectivity index (χ3n) is 1.37. The minimum Gasteiger partial charge on any atom is -0.211 e. The van der Waals surface area contributed by atoms with Crippen molar-refractivity contribution in [1.29, 1.82) is 0 Å². The molecule has 0 amide bonds. The fourth-order valence-corrected chi connectivity index (χ4v) is 1.69. The van der Waals surface area contributed by atoms with Crippen LogP contribution in [0.1, 0.15) is 5.56 Å². The summed E-state index contributed by atoms with van der Waals surface area (Å²) in [5, 5.41) is 0.00507. The average Bonchev–Trinajstić information content (AvgIpc) is 2.10. The van der Waals surface area contributed by atoms with Crippen molar-refractivity contribution >= 4 is 33.6 Å². The number of halogens is 3. The lowest BCUT2D eigenvalue weighted by atomic mass is 10.2. The van der Waals surface area contributed by atoms with Gasteiger partial charge in [0.25, 0.3) is 0 Å². The maximum Gasteiger partial charge on any atom is 0.235 e. The van der Waals surface area contributed by atoms with E-state index in [-0.39, 0.29) is 16.0 Å². The summed E-state index contributed by atoms with van der Waals surface area (Å²) in [6.45, 7) is 0.155. The summed E-state index contributed by atoms with van der Waals surface area (Å²) in [5.74, 6) is -0.513. The summed E-state index contributed by atoms with van der Waals surface area (Å²) in [6, 6.07) is 2.94. The molecule has 0 radical (unpaired) electrons. The summed E-state index contributed by atoms with van der Waals surface area (Å²) < 4.78 is 13.2. The van der Waals surface area contributed by atoms with Crippen molar-refractivity contribution in [3.63, 3.8) is 0 Å². The highest BCUT2D eigenvalue weighted by molar-refractivity contribution is 9.10. The highest BCUT2D eigenvalue weighted by Gasteiger charge is 2.06. The number of benzene rings is 1. The van der Waals surface area contributed by atoms with E-state index < -0.39 is 5.82 Å². The maximum atomic E-state index is 12.9. The van der Waals surface area contributed by atoms with Crippen molar-refractivity contribution in [3.8, 4) is 0 Å². The molecule has 1 rings (SSSR count). The van der Waals surface area contributed by atoms with E-state index in [2.05, 4.69) is 20.9 Å². The molecular weight excluding hydrogens is 260 g/mol. The van der Waals surface area contributed by atoms with E-state index in [9.17, 15) is 9.18 Å². The molecule has 0 atom stereocenters. The lowest BCUT2D eigenvalue weighted by Gasteiger charge is -2.00. The molecule has 0 N–H and O–H groups in total. The molecule has 5 heteroatoms. The molecule has 2 nitrogen and oxygen atoms in total. The molecule has 0 saturated heterocycles. The average molecular weight is 264 g/mol. The molecule has 1 aromatic carbocycles. The smallest absolute Gasteiger partial charge is 0.211 e. The van der Waals surface area contributed by atoms with Crippen molar-refractivity contribution in [1.82, 2.24) is 0 Å². The zero-order valence-electron chi connectivity index (χ0n) is 6.35. The van der Waals surface area contributed by atoms with Crippen molar-refractivity contribution < 1.29 is 9.18 Å². The Kier molecular flexibility index (Phi) is 3.60. The van der Waals surface area contributed by atoms with Gasteiger partial charge in [-0.3, -0.25) is 0 Å². The van der Waals surface area contributed by atoms with Gasteiger partial charge in [0.2, 0.25) is 6.08 Å². The lowest BCUT2D eigenvalue weighted by Crippen LogP contribution is -1.86. The number of carbonyl (C=O) groups excluding carboxylic acids is 1. The molecule has 0 fully saturated rings. The summed E-state index contributed by atoms with van der Waals surface area (Å²) in [4.78, 5) is 13.2. The summed E-state index contributed by atoms with van der Waals surface area (Å²) >= 11 is 8.54. The molecular formula is C8H4BrClFNO. The Labute approximate surface area is 87.6 Å². The fraction of sp³-hybridized carbons (Fsp3) is 0.125. The van der Waals surface area contributed by atoms with Crippen molar-refractivity contribution in [3.05, 3.63) is 33.0 Å². The van der Waals surface area contributed by atoms with Gasteiger partial charge in [0.15, 0.2) is 5.82 Å². The van der Waals surface area contributed by atoms with Crippen LogP contribution in [-0.4, -0.2) is 6.08 Å². The number of hydrogen-bond donors (Lipinski definition) is 0. The Morgan fingerprint density at radius 3 is 2.85 bits per heavy atom. The summed E-state index contributed by atoms with van der Waals surface area (Å²) in [7, 11) is 0. The molecule has 0 unspecified atom stereocenters. The van der Waals surface area contributed by atoms with Gasteiger partial charge in [-0.15, -0.1) is 0 Å². The molecule has 13 heavy (non-hydrogen) atoms. The van der Waals surface area contributed by atoms with Gasteiger partial charge in [0.1, 0.15) is 0 Å². The topological polar surface area (TPSA) is 29.4 Å². The van der Waals surface area contributed by atoms with Gasteiger partial charge in [-0.1, -0.05) is 11.6 Å². The zero-order valence-corrected chi connectivity index (χ0v) is 8.69. The number of nitrogens with zero attached hydrogens (tertiary/aromatic N) is 1. The second kappa shape index (κ2) is 4.51. The highest BCUT2D eigenvalue weighted by atomic mass is 79.9. The van der Waals surface area contributed by atoms with E-state index in [4.69, 9.17) is 11.6 Å². The predicted molar refractivity (Wildman–Crippen MR) is 50.9 cm³/mol. The molecule has 0 heterocycles. The number of hydrogen-bond acceptors (Lipinski definition) is 2. The monoisotopic (exact) mass is 263 g/mol. The first-order chi connectivity index (χ1) is 6.15. The third kappa shape index (κ3) is 2.62. The molecule has 0 aliphatic rings. The summed E-state index contributed by atoms with van der Waals surface area (Å²) in [5.41, 5.74) is 0.654. The second-order valence-electron chi connectivity index (χ2n) is 2.28. The van der Waals surface area contributed by atoms with Crippen LogP contribution in [0.15, 0.2) is 21.6 Å². The van der Waals surface area contributed by atoms with Gasteiger partial charge >= 0.3 is 0 Å². The Morgan fingerprint density at radius 2 is 2.31 bits per heavy atom. The minimum atomic E-state index is -0.513.